The molecule has 0 spiro atoms. The van der Waals surface area contributed by atoms with Crippen LogP contribution in [0.1, 0.15) is 5.56 Å². The molecule has 0 bridgehead atoms. The highest BCUT2D eigenvalue weighted by molar-refractivity contribution is 14.1. The van der Waals surface area contributed by atoms with Crippen LogP contribution in [0.25, 0.3) is 10.1 Å². The second-order valence-corrected chi connectivity index (χ2v) is 4.69. The first-order valence-corrected chi connectivity index (χ1v) is 5.68. The summed E-state index contributed by atoms with van der Waals surface area (Å²) in [5, 5.41) is 21.7. The number of thiophene rings is 1. The van der Waals surface area contributed by atoms with E-state index in [9.17, 15) is 5.11 Å². The van der Waals surface area contributed by atoms with E-state index in [1.807, 2.05) is 17.5 Å². The number of fused-ring (bicyclic) bond motifs is 1. The van der Waals surface area contributed by atoms with Gasteiger partial charge in [-0.1, -0.05) is 0 Å². The number of aromatic hydroxyl groups is 1. The number of halogens is 1. The molecule has 0 radical (unpaired) electrons. The van der Waals surface area contributed by atoms with Gasteiger partial charge in [0.25, 0.3) is 0 Å². The molecule has 1 aromatic heterocycles. The van der Waals surface area contributed by atoms with Crippen molar-refractivity contribution in [1.29, 1.82) is 0 Å². The number of hydrogen-bond donors (Lipinski definition) is 2. The number of phenols is 1. The maximum atomic E-state index is 9.65. The van der Waals surface area contributed by atoms with Crippen LogP contribution in [0.4, 0.5) is 0 Å². The van der Waals surface area contributed by atoms with Crippen LogP contribution in [0, 0.1) is 3.57 Å². The lowest BCUT2D eigenvalue weighted by atomic mass is 10.1. The van der Waals surface area contributed by atoms with Crippen molar-refractivity contribution in [3.05, 3.63) is 26.6 Å². The maximum absolute atomic E-state index is 9.65. The standard InChI is InChI=1S/C9H7IO2S/c10-7-8(12)6(4-11)3-5-1-2-13-9(5)7/h1-3,11-12H,4H2. The van der Waals surface area contributed by atoms with Crippen molar-refractivity contribution in [2.75, 3.05) is 0 Å². The number of aliphatic hydroxyl groups excluding tert-OH is 1. The van der Waals surface area contributed by atoms with E-state index >= 15 is 0 Å². The smallest absolute Gasteiger partial charge is 0.135 e. The van der Waals surface area contributed by atoms with Crippen LogP contribution in [0.2, 0.25) is 0 Å². The Balaban J connectivity index is 2.83. The molecule has 2 nitrogen and oxygen atoms in total. The monoisotopic (exact) mass is 306 g/mol. The van der Waals surface area contributed by atoms with Crippen LogP contribution < -0.4 is 0 Å². The minimum atomic E-state index is -0.117. The predicted molar refractivity (Wildman–Crippen MR) is 62.1 cm³/mol. The summed E-state index contributed by atoms with van der Waals surface area (Å²) in [6, 6.07) is 3.81. The fourth-order valence-corrected chi connectivity index (χ4v) is 3.09. The number of rotatable bonds is 1. The van der Waals surface area contributed by atoms with Crippen molar-refractivity contribution >= 4 is 44.0 Å². The van der Waals surface area contributed by atoms with Crippen LogP contribution in [0.15, 0.2) is 17.5 Å². The molecule has 0 aliphatic rings. The first-order chi connectivity index (χ1) is 6.24. The Kier molecular flexibility index (Phi) is 2.44. The fraction of sp³-hybridized carbons (Fsp3) is 0.111. The lowest BCUT2D eigenvalue weighted by Gasteiger charge is -2.04. The predicted octanol–water partition coefficient (Wildman–Crippen LogP) is 2.70. The molecule has 2 rings (SSSR count). The Bertz CT molecular complexity index is 450. The molecule has 0 aliphatic carbocycles. The number of benzene rings is 1. The van der Waals surface area contributed by atoms with Crippen LogP contribution in [-0.2, 0) is 6.61 Å². The fourth-order valence-electron chi connectivity index (χ4n) is 1.24. The van der Waals surface area contributed by atoms with E-state index in [0.717, 1.165) is 13.7 Å². The zero-order valence-electron chi connectivity index (χ0n) is 6.62. The summed E-state index contributed by atoms with van der Waals surface area (Å²) < 4.78 is 1.91. The molecular weight excluding hydrogens is 299 g/mol. The van der Waals surface area contributed by atoms with E-state index in [0.29, 0.717) is 5.56 Å². The summed E-state index contributed by atoms with van der Waals surface area (Å²) in [7, 11) is 0. The van der Waals surface area contributed by atoms with Gasteiger partial charge in [0.15, 0.2) is 0 Å². The first-order valence-electron chi connectivity index (χ1n) is 3.72. The van der Waals surface area contributed by atoms with Crippen LogP contribution >= 0.6 is 33.9 Å². The second kappa shape index (κ2) is 3.43. The van der Waals surface area contributed by atoms with Crippen molar-refractivity contribution in [2.24, 2.45) is 0 Å². The summed E-state index contributed by atoms with van der Waals surface area (Å²) in [6.07, 6.45) is 0. The average Bonchev–Trinajstić information content (AvgIpc) is 2.59. The van der Waals surface area contributed by atoms with Gasteiger partial charge in [0, 0.05) is 5.56 Å². The van der Waals surface area contributed by atoms with Gasteiger partial charge < -0.3 is 10.2 Å². The molecule has 1 heterocycles. The summed E-state index contributed by atoms with van der Waals surface area (Å²) >= 11 is 3.70. The van der Waals surface area contributed by atoms with E-state index in [1.54, 1.807) is 11.3 Å². The third kappa shape index (κ3) is 1.43. The molecule has 13 heavy (non-hydrogen) atoms. The molecule has 0 unspecified atom stereocenters. The third-order valence-corrected chi connectivity index (χ3v) is 4.27. The average molecular weight is 306 g/mol. The maximum Gasteiger partial charge on any atom is 0.135 e. The highest BCUT2D eigenvalue weighted by atomic mass is 127. The van der Waals surface area contributed by atoms with Gasteiger partial charge >= 0.3 is 0 Å². The quantitative estimate of drug-likeness (QED) is 0.795. The Morgan fingerprint density at radius 2 is 2.23 bits per heavy atom. The summed E-state index contributed by atoms with van der Waals surface area (Å²) in [4.78, 5) is 0. The molecule has 2 aromatic rings. The van der Waals surface area contributed by atoms with E-state index in [-0.39, 0.29) is 12.4 Å². The second-order valence-electron chi connectivity index (χ2n) is 2.70. The van der Waals surface area contributed by atoms with E-state index < -0.39 is 0 Å². The van der Waals surface area contributed by atoms with Crippen LogP contribution in [0.5, 0.6) is 5.75 Å². The van der Waals surface area contributed by atoms with E-state index in [4.69, 9.17) is 5.11 Å². The lowest BCUT2D eigenvalue weighted by Crippen LogP contribution is -1.86. The van der Waals surface area contributed by atoms with Crippen LogP contribution in [0.3, 0.4) is 0 Å². The Morgan fingerprint density at radius 1 is 1.46 bits per heavy atom. The molecular formula is C9H7IO2S. The highest BCUT2D eigenvalue weighted by Gasteiger charge is 2.10. The highest BCUT2D eigenvalue weighted by Crippen LogP contribution is 2.35. The van der Waals surface area contributed by atoms with Crippen molar-refractivity contribution in [2.45, 2.75) is 6.61 Å². The van der Waals surface area contributed by atoms with Gasteiger partial charge in [-0.3, -0.25) is 0 Å². The van der Waals surface area contributed by atoms with Gasteiger partial charge in [-0.05, 0) is 45.5 Å². The van der Waals surface area contributed by atoms with E-state index in [2.05, 4.69) is 22.6 Å². The van der Waals surface area contributed by atoms with Gasteiger partial charge in [0.2, 0.25) is 0 Å². The van der Waals surface area contributed by atoms with E-state index in [1.165, 1.54) is 0 Å². The van der Waals surface area contributed by atoms with Gasteiger partial charge in [0.1, 0.15) is 5.75 Å². The Labute approximate surface area is 93.0 Å². The Hall–Kier alpha value is -0.330. The normalized spacial score (nSPS) is 10.9. The third-order valence-electron chi connectivity index (χ3n) is 1.91. The van der Waals surface area contributed by atoms with Crippen molar-refractivity contribution in [3.8, 4) is 5.75 Å². The van der Waals surface area contributed by atoms with Gasteiger partial charge in [-0.2, -0.15) is 0 Å². The largest absolute Gasteiger partial charge is 0.506 e. The molecule has 2 N–H and O–H groups in total. The van der Waals surface area contributed by atoms with Crippen molar-refractivity contribution < 1.29 is 10.2 Å². The van der Waals surface area contributed by atoms with Gasteiger partial charge in [0.05, 0.1) is 14.9 Å². The van der Waals surface area contributed by atoms with Gasteiger partial charge in [-0.25, -0.2) is 0 Å². The zero-order valence-corrected chi connectivity index (χ0v) is 9.59. The minimum Gasteiger partial charge on any atom is -0.506 e. The van der Waals surface area contributed by atoms with Gasteiger partial charge in [-0.15, -0.1) is 11.3 Å². The number of aliphatic hydroxyl groups is 1. The molecule has 1 aromatic carbocycles. The topological polar surface area (TPSA) is 40.5 Å². The van der Waals surface area contributed by atoms with Crippen LogP contribution in [-0.4, -0.2) is 10.2 Å². The Morgan fingerprint density at radius 3 is 2.92 bits per heavy atom. The molecule has 0 fully saturated rings. The SMILES string of the molecule is OCc1cc2ccsc2c(I)c1O. The number of hydrogen-bond acceptors (Lipinski definition) is 3. The van der Waals surface area contributed by atoms with Crippen molar-refractivity contribution in [1.82, 2.24) is 0 Å². The molecule has 0 amide bonds. The summed E-state index contributed by atoms with van der Waals surface area (Å²) in [5.41, 5.74) is 0.593. The lowest BCUT2D eigenvalue weighted by molar-refractivity contribution is 0.275. The molecule has 4 heteroatoms. The molecule has 0 aliphatic heterocycles. The molecule has 0 atom stereocenters. The summed E-state index contributed by atoms with van der Waals surface area (Å²) in [6.45, 7) is -0.117. The minimum absolute atomic E-state index is 0.117. The molecule has 68 valence electrons. The molecule has 0 saturated carbocycles. The summed E-state index contributed by atoms with van der Waals surface area (Å²) in [5.74, 6) is 0.207. The first kappa shape index (κ1) is 9.23. The zero-order chi connectivity index (χ0) is 9.42. The molecule has 0 saturated heterocycles. The van der Waals surface area contributed by atoms with Crippen molar-refractivity contribution in [3.63, 3.8) is 0 Å².